The summed E-state index contributed by atoms with van der Waals surface area (Å²) in [6, 6.07) is 15.8. The standard InChI is InChI=1S/C19H13N5O2S2/c25-16(22-19-24-23-18(28-19)14-7-1-2-9-20-14)12-5-3-6-13(11-12)21-17(26)15-8-4-10-27-15/h1-11H,(H,21,26)(H,22,24,25). The summed E-state index contributed by atoms with van der Waals surface area (Å²) in [5.74, 6) is -0.548. The molecule has 28 heavy (non-hydrogen) atoms. The highest BCUT2D eigenvalue weighted by molar-refractivity contribution is 7.18. The van der Waals surface area contributed by atoms with Gasteiger partial charge in [-0.05, 0) is 41.8 Å². The third-order valence-electron chi connectivity index (χ3n) is 3.66. The number of carbonyl (C=O) groups is 2. The number of amides is 2. The summed E-state index contributed by atoms with van der Waals surface area (Å²) in [5, 5.41) is 16.4. The van der Waals surface area contributed by atoms with Gasteiger partial charge in [0.1, 0.15) is 5.69 Å². The van der Waals surface area contributed by atoms with E-state index in [1.54, 1.807) is 36.5 Å². The summed E-state index contributed by atoms with van der Waals surface area (Å²) in [4.78, 5) is 29.5. The number of benzene rings is 1. The van der Waals surface area contributed by atoms with Crippen LogP contribution >= 0.6 is 22.7 Å². The van der Waals surface area contributed by atoms with Crippen molar-refractivity contribution < 1.29 is 9.59 Å². The van der Waals surface area contributed by atoms with Crippen molar-refractivity contribution in [1.29, 1.82) is 0 Å². The average Bonchev–Trinajstić information content (AvgIpc) is 3.41. The second-order valence-corrected chi connectivity index (χ2v) is 7.52. The molecule has 0 aliphatic rings. The number of aromatic nitrogens is 3. The number of carbonyl (C=O) groups excluding carboxylic acids is 2. The van der Waals surface area contributed by atoms with Gasteiger partial charge >= 0.3 is 0 Å². The number of rotatable bonds is 5. The minimum atomic E-state index is -0.337. The molecule has 7 nitrogen and oxygen atoms in total. The Labute approximate surface area is 168 Å². The summed E-state index contributed by atoms with van der Waals surface area (Å²) in [6.45, 7) is 0. The molecule has 1 aromatic carbocycles. The highest BCUT2D eigenvalue weighted by Crippen LogP contribution is 2.25. The lowest BCUT2D eigenvalue weighted by molar-refractivity contribution is 0.101. The number of hydrogen-bond donors (Lipinski definition) is 2. The van der Waals surface area contributed by atoms with E-state index >= 15 is 0 Å². The molecule has 2 N–H and O–H groups in total. The molecule has 9 heteroatoms. The largest absolute Gasteiger partial charge is 0.321 e. The number of nitrogens with one attached hydrogen (secondary N) is 2. The van der Waals surface area contributed by atoms with Crippen molar-refractivity contribution in [2.24, 2.45) is 0 Å². The van der Waals surface area contributed by atoms with Crippen molar-refractivity contribution >= 4 is 45.3 Å². The van der Waals surface area contributed by atoms with Crippen LogP contribution in [0.15, 0.2) is 66.2 Å². The number of anilines is 2. The van der Waals surface area contributed by atoms with E-state index in [9.17, 15) is 9.59 Å². The molecule has 0 saturated heterocycles. The maximum Gasteiger partial charge on any atom is 0.265 e. The fourth-order valence-corrected chi connectivity index (χ4v) is 3.71. The van der Waals surface area contributed by atoms with Crippen LogP contribution in [0.3, 0.4) is 0 Å². The maximum absolute atomic E-state index is 12.5. The smallest absolute Gasteiger partial charge is 0.265 e. The van der Waals surface area contributed by atoms with E-state index in [-0.39, 0.29) is 11.8 Å². The first kappa shape index (κ1) is 18.0. The van der Waals surface area contributed by atoms with E-state index in [1.807, 2.05) is 29.6 Å². The van der Waals surface area contributed by atoms with Crippen LogP contribution in [-0.2, 0) is 0 Å². The van der Waals surface area contributed by atoms with Crippen molar-refractivity contribution in [3.05, 3.63) is 76.6 Å². The summed E-state index contributed by atoms with van der Waals surface area (Å²) >= 11 is 2.59. The van der Waals surface area contributed by atoms with Gasteiger partial charge in [-0.3, -0.25) is 19.9 Å². The molecule has 0 spiro atoms. The van der Waals surface area contributed by atoms with Crippen molar-refractivity contribution in [2.45, 2.75) is 0 Å². The Morgan fingerprint density at radius 1 is 0.893 bits per heavy atom. The van der Waals surface area contributed by atoms with Crippen molar-refractivity contribution in [3.63, 3.8) is 0 Å². The van der Waals surface area contributed by atoms with E-state index in [1.165, 1.54) is 22.7 Å². The summed E-state index contributed by atoms with van der Waals surface area (Å²) in [6.07, 6.45) is 1.67. The van der Waals surface area contributed by atoms with Gasteiger partial charge in [0.15, 0.2) is 5.01 Å². The molecule has 0 unspecified atom stereocenters. The summed E-state index contributed by atoms with van der Waals surface area (Å²) in [5.41, 5.74) is 1.63. The van der Waals surface area contributed by atoms with Crippen molar-refractivity contribution in [3.8, 4) is 10.7 Å². The zero-order chi connectivity index (χ0) is 19.3. The lowest BCUT2D eigenvalue weighted by Crippen LogP contribution is -2.14. The van der Waals surface area contributed by atoms with Gasteiger partial charge in [0.25, 0.3) is 11.8 Å². The second kappa shape index (κ2) is 8.07. The van der Waals surface area contributed by atoms with E-state index < -0.39 is 0 Å². The van der Waals surface area contributed by atoms with Crippen LogP contribution in [0.5, 0.6) is 0 Å². The fraction of sp³-hybridized carbons (Fsp3) is 0. The van der Waals surface area contributed by atoms with E-state index in [0.29, 0.717) is 32.0 Å². The van der Waals surface area contributed by atoms with Gasteiger partial charge in [-0.25, -0.2) is 0 Å². The molecule has 0 aliphatic heterocycles. The van der Waals surface area contributed by atoms with Gasteiger partial charge in [0.2, 0.25) is 5.13 Å². The molecule has 0 fully saturated rings. The van der Waals surface area contributed by atoms with Gasteiger partial charge in [0, 0.05) is 17.4 Å². The highest BCUT2D eigenvalue weighted by atomic mass is 32.1. The topological polar surface area (TPSA) is 96.9 Å². The van der Waals surface area contributed by atoms with E-state index in [0.717, 1.165) is 0 Å². The molecule has 4 rings (SSSR count). The molecule has 0 bridgehead atoms. The fourth-order valence-electron chi connectivity index (χ4n) is 2.37. The Morgan fingerprint density at radius 2 is 1.82 bits per heavy atom. The summed E-state index contributed by atoms with van der Waals surface area (Å²) in [7, 11) is 0. The third-order valence-corrected chi connectivity index (χ3v) is 5.39. The van der Waals surface area contributed by atoms with Crippen LogP contribution in [0.1, 0.15) is 20.0 Å². The lowest BCUT2D eigenvalue weighted by Gasteiger charge is -2.06. The van der Waals surface area contributed by atoms with Crippen LogP contribution < -0.4 is 10.6 Å². The lowest BCUT2D eigenvalue weighted by atomic mass is 10.2. The first-order valence-corrected chi connectivity index (χ1v) is 9.90. The first-order chi connectivity index (χ1) is 13.7. The van der Waals surface area contributed by atoms with Gasteiger partial charge in [-0.15, -0.1) is 21.5 Å². The number of pyridine rings is 1. The molecule has 0 atom stereocenters. The number of nitrogens with zero attached hydrogens (tertiary/aromatic N) is 3. The molecule has 2 amide bonds. The van der Waals surface area contributed by atoms with Gasteiger partial charge in [0.05, 0.1) is 4.88 Å². The Balaban J connectivity index is 1.45. The van der Waals surface area contributed by atoms with E-state index in [2.05, 4.69) is 25.8 Å². The Kier molecular flexibility index (Phi) is 5.18. The first-order valence-electron chi connectivity index (χ1n) is 8.20. The monoisotopic (exact) mass is 407 g/mol. The van der Waals surface area contributed by atoms with Gasteiger partial charge in [-0.1, -0.05) is 29.5 Å². The van der Waals surface area contributed by atoms with Gasteiger partial charge in [-0.2, -0.15) is 0 Å². The Hall–Kier alpha value is -3.43. The van der Waals surface area contributed by atoms with Crippen molar-refractivity contribution in [1.82, 2.24) is 15.2 Å². The van der Waals surface area contributed by atoms with Crippen molar-refractivity contribution in [2.75, 3.05) is 10.6 Å². The molecular formula is C19H13N5O2S2. The predicted octanol–water partition coefficient (Wildman–Crippen LogP) is 4.17. The molecule has 3 heterocycles. The molecule has 0 saturated carbocycles. The minimum absolute atomic E-state index is 0.211. The van der Waals surface area contributed by atoms with E-state index in [4.69, 9.17) is 0 Å². The molecule has 3 aromatic heterocycles. The molecular weight excluding hydrogens is 394 g/mol. The van der Waals surface area contributed by atoms with Gasteiger partial charge < -0.3 is 5.32 Å². The highest BCUT2D eigenvalue weighted by Gasteiger charge is 2.13. The number of hydrogen-bond acceptors (Lipinski definition) is 7. The second-order valence-electron chi connectivity index (χ2n) is 5.59. The maximum atomic E-state index is 12.5. The Bertz CT molecular complexity index is 1110. The summed E-state index contributed by atoms with van der Waals surface area (Å²) < 4.78 is 0. The SMILES string of the molecule is O=C(Nc1nnc(-c2ccccn2)s1)c1cccc(NC(=O)c2cccs2)c1. The van der Waals surface area contributed by atoms with Crippen LogP contribution in [0, 0.1) is 0 Å². The van der Waals surface area contributed by atoms with Crippen LogP contribution in [0.25, 0.3) is 10.7 Å². The number of thiophene rings is 1. The average molecular weight is 407 g/mol. The third kappa shape index (κ3) is 4.11. The van der Waals surface area contributed by atoms with Crippen LogP contribution in [-0.4, -0.2) is 27.0 Å². The normalized spacial score (nSPS) is 10.4. The van der Waals surface area contributed by atoms with Crippen LogP contribution in [0.2, 0.25) is 0 Å². The predicted molar refractivity (Wildman–Crippen MR) is 110 cm³/mol. The molecule has 4 aromatic rings. The quantitative estimate of drug-likeness (QED) is 0.518. The zero-order valence-electron chi connectivity index (χ0n) is 14.3. The van der Waals surface area contributed by atoms with Crippen LogP contribution in [0.4, 0.5) is 10.8 Å². The molecule has 0 aliphatic carbocycles. The minimum Gasteiger partial charge on any atom is -0.321 e. The molecule has 138 valence electrons. The molecule has 0 radical (unpaired) electrons. The Morgan fingerprint density at radius 3 is 2.61 bits per heavy atom. The zero-order valence-corrected chi connectivity index (χ0v) is 16.0.